The van der Waals surface area contributed by atoms with Gasteiger partial charge in [0, 0.05) is 17.7 Å². The second kappa shape index (κ2) is 7.70. The van der Waals surface area contributed by atoms with Gasteiger partial charge in [-0.1, -0.05) is 0 Å². The van der Waals surface area contributed by atoms with Gasteiger partial charge in [0.15, 0.2) is 23.3 Å². The zero-order valence-corrected chi connectivity index (χ0v) is 15.2. The van der Waals surface area contributed by atoms with Crippen molar-refractivity contribution >= 4 is 17.3 Å². The summed E-state index contributed by atoms with van der Waals surface area (Å²) in [7, 11) is 0. The second-order valence-corrected chi connectivity index (χ2v) is 6.70. The third kappa shape index (κ3) is 3.45. The molecule has 1 aliphatic heterocycles. The number of rotatable bonds is 4. The van der Waals surface area contributed by atoms with E-state index in [1.165, 1.54) is 25.1 Å². The molecule has 2 N–H and O–H groups in total. The molecular formula is C19H12F6N4O. The summed E-state index contributed by atoms with van der Waals surface area (Å²) in [6.45, 7) is 0.347. The molecule has 156 valence electrons. The summed E-state index contributed by atoms with van der Waals surface area (Å²) in [6.07, 6.45) is -0.497. The van der Waals surface area contributed by atoms with E-state index in [0.29, 0.717) is 0 Å². The number of carbonyl (C=O) groups is 1. The van der Waals surface area contributed by atoms with Gasteiger partial charge in [-0.05, 0) is 25.1 Å². The monoisotopic (exact) mass is 426 g/mol. The predicted octanol–water partition coefficient (Wildman–Crippen LogP) is 3.82. The summed E-state index contributed by atoms with van der Waals surface area (Å²) in [4.78, 5) is 12.6. The van der Waals surface area contributed by atoms with Gasteiger partial charge >= 0.3 is 0 Å². The normalized spacial score (nSPS) is 17.9. The van der Waals surface area contributed by atoms with Gasteiger partial charge in [-0.2, -0.15) is 10.4 Å². The van der Waals surface area contributed by atoms with Gasteiger partial charge < -0.3 is 5.32 Å². The molecule has 1 aliphatic rings. The lowest BCUT2D eigenvalue weighted by molar-refractivity contribution is -0.121. The summed E-state index contributed by atoms with van der Waals surface area (Å²) < 4.78 is 81.2. The van der Waals surface area contributed by atoms with Crippen molar-refractivity contribution < 1.29 is 31.1 Å². The molecular weight excluding hydrogens is 414 g/mol. The fourth-order valence-corrected chi connectivity index (χ4v) is 2.90. The summed E-state index contributed by atoms with van der Waals surface area (Å²) in [6, 6.07) is 5.68. The molecule has 1 amide bonds. The van der Waals surface area contributed by atoms with Crippen LogP contribution in [0.15, 0.2) is 23.3 Å². The lowest BCUT2D eigenvalue weighted by Crippen LogP contribution is -2.47. The van der Waals surface area contributed by atoms with Crippen LogP contribution in [-0.2, 0) is 11.5 Å². The topological polar surface area (TPSA) is 77.3 Å². The first kappa shape index (κ1) is 21.2. The van der Waals surface area contributed by atoms with Crippen molar-refractivity contribution in [1.82, 2.24) is 5.43 Å². The molecule has 1 heterocycles. The molecule has 1 unspecified atom stereocenters. The molecule has 5 nitrogen and oxygen atoms in total. The van der Waals surface area contributed by atoms with Crippen molar-refractivity contribution in [3.8, 4) is 6.07 Å². The SMILES string of the molecule is CC1(C(=O)Nc2ccc(C#N)c(CF)c2)CC(c2c(F)c(F)c(F)c(F)c2F)=NN1. The van der Waals surface area contributed by atoms with E-state index in [2.05, 4.69) is 15.8 Å². The van der Waals surface area contributed by atoms with E-state index in [9.17, 15) is 31.1 Å². The highest BCUT2D eigenvalue weighted by molar-refractivity contribution is 6.09. The third-order valence-electron chi connectivity index (χ3n) is 4.59. The number of halogens is 6. The van der Waals surface area contributed by atoms with Crippen molar-refractivity contribution in [2.24, 2.45) is 5.10 Å². The van der Waals surface area contributed by atoms with E-state index in [1.54, 1.807) is 6.07 Å². The molecule has 0 saturated heterocycles. The van der Waals surface area contributed by atoms with Crippen LogP contribution in [0, 0.1) is 40.4 Å². The highest BCUT2D eigenvalue weighted by atomic mass is 19.2. The number of benzene rings is 2. The lowest BCUT2D eigenvalue weighted by atomic mass is 9.92. The van der Waals surface area contributed by atoms with Crippen LogP contribution in [0.2, 0.25) is 0 Å². The van der Waals surface area contributed by atoms with Gasteiger partial charge in [0.1, 0.15) is 12.2 Å². The minimum Gasteiger partial charge on any atom is -0.324 e. The standard InChI is InChI=1S/C19H12F6N4O/c1-19(18(30)27-10-3-2-8(7-26)9(4-10)6-20)5-11(28-29-19)12-13(21)15(23)17(25)16(24)14(12)22/h2-4,29H,5-6H2,1H3,(H,27,30). The van der Waals surface area contributed by atoms with Crippen LogP contribution < -0.4 is 10.7 Å². The Kier molecular flexibility index (Phi) is 5.43. The summed E-state index contributed by atoms with van der Waals surface area (Å²) in [5.74, 6) is -11.4. The Morgan fingerprint density at radius 2 is 1.77 bits per heavy atom. The van der Waals surface area contributed by atoms with Gasteiger partial charge in [-0.15, -0.1) is 0 Å². The van der Waals surface area contributed by atoms with E-state index in [0.717, 1.165) is 0 Å². The number of hydrogen-bond donors (Lipinski definition) is 2. The van der Waals surface area contributed by atoms with Gasteiger partial charge in [0.2, 0.25) is 5.82 Å². The van der Waals surface area contributed by atoms with E-state index in [-0.39, 0.29) is 16.8 Å². The molecule has 0 spiro atoms. The van der Waals surface area contributed by atoms with E-state index >= 15 is 0 Å². The molecule has 0 saturated carbocycles. The Morgan fingerprint density at radius 3 is 2.33 bits per heavy atom. The summed E-state index contributed by atoms with van der Waals surface area (Å²) in [5, 5.41) is 14.9. The van der Waals surface area contributed by atoms with E-state index in [1.807, 2.05) is 0 Å². The van der Waals surface area contributed by atoms with Crippen LogP contribution >= 0.6 is 0 Å². The number of hydrazone groups is 1. The summed E-state index contributed by atoms with van der Waals surface area (Å²) in [5.41, 5.74) is -0.766. The maximum absolute atomic E-state index is 14.0. The van der Waals surface area contributed by atoms with Crippen molar-refractivity contribution in [1.29, 1.82) is 5.26 Å². The Bertz CT molecular complexity index is 1100. The molecule has 0 fully saturated rings. The van der Waals surface area contributed by atoms with Crippen LogP contribution in [-0.4, -0.2) is 17.2 Å². The van der Waals surface area contributed by atoms with Crippen molar-refractivity contribution in [3.63, 3.8) is 0 Å². The molecule has 3 rings (SSSR count). The molecule has 1 atom stereocenters. The number of nitrogens with zero attached hydrogens (tertiary/aromatic N) is 2. The Morgan fingerprint density at radius 1 is 1.17 bits per heavy atom. The first-order chi connectivity index (χ1) is 14.1. The number of hydrogen-bond acceptors (Lipinski definition) is 4. The van der Waals surface area contributed by atoms with Gasteiger partial charge in [-0.3, -0.25) is 10.2 Å². The number of nitrogens with one attached hydrogen (secondary N) is 2. The first-order valence-electron chi connectivity index (χ1n) is 8.39. The van der Waals surface area contributed by atoms with Crippen LogP contribution in [0.5, 0.6) is 0 Å². The third-order valence-corrected chi connectivity index (χ3v) is 4.59. The molecule has 0 radical (unpaired) electrons. The Hall–Kier alpha value is -3.55. The maximum atomic E-state index is 14.0. The van der Waals surface area contributed by atoms with Crippen LogP contribution in [0.3, 0.4) is 0 Å². The molecule has 0 aromatic heterocycles. The van der Waals surface area contributed by atoms with Crippen molar-refractivity contribution in [2.75, 3.05) is 5.32 Å². The van der Waals surface area contributed by atoms with Crippen LogP contribution in [0.1, 0.15) is 30.0 Å². The first-order valence-corrected chi connectivity index (χ1v) is 8.39. The zero-order valence-electron chi connectivity index (χ0n) is 15.2. The van der Waals surface area contributed by atoms with Gasteiger partial charge in [-0.25, -0.2) is 26.3 Å². The maximum Gasteiger partial charge on any atom is 0.251 e. The predicted molar refractivity (Wildman–Crippen MR) is 93.5 cm³/mol. The highest BCUT2D eigenvalue weighted by Gasteiger charge is 2.41. The van der Waals surface area contributed by atoms with E-state index < -0.39 is 64.9 Å². The Labute approximate surface area is 166 Å². The molecule has 11 heteroatoms. The lowest BCUT2D eigenvalue weighted by Gasteiger charge is -2.23. The zero-order chi connectivity index (χ0) is 22.2. The average Bonchev–Trinajstić information content (AvgIpc) is 3.13. The minimum atomic E-state index is -2.30. The molecule has 2 aromatic carbocycles. The average molecular weight is 426 g/mol. The fourth-order valence-electron chi connectivity index (χ4n) is 2.90. The number of anilines is 1. The molecule has 0 aliphatic carbocycles. The smallest absolute Gasteiger partial charge is 0.251 e. The highest BCUT2D eigenvalue weighted by Crippen LogP contribution is 2.29. The molecule has 2 aromatic rings. The molecule has 0 bridgehead atoms. The van der Waals surface area contributed by atoms with E-state index in [4.69, 9.17) is 5.26 Å². The Balaban J connectivity index is 1.85. The largest absolute Gasteiger partial charge is 0.324 e. The quantitative estimate of drug-likeness (QED) is 0.443. The van der Waals surface area contributed by atoms with Gasteiger partial charge in [0.25, 0.3) is 5.91 Å². The number of nitriles is 1. The van der Waals surface area contributed by atoms with Crippen LogP contribution in [0.25, 0.3) is 0 Å². The van der Waals surface area contributed by atoms with Crippen molar-refractivity contribution in [2.45, 2.75) is 25.6 Å². The fraction of sp³-hybridized carbons (Fsp3) is 0.211. The second-order valence-electron chi connectivity index (χ2n) is 6.70. The van der Waals surface area contributed by atoms with Crippen molar-refractivity contribution in [3.05, 3.63) is 64.0 Å². The van der Waals surface area contributed by atoms with Crippen LogP contribution in [0.4, 0.5) is 32.0 Å². The van der Waals surface area contributed by atoms with Gasteiger partial charge in [0.05, 0.1) is 22.9 Å². The summed E-state index contributed by atoms with van der Waals surface area (Å²) >= 11 is 0. The molecule has 30 heavy (non-hydrogen) atoms. The minimum absolute atomic E-state index is 0.0400. The number of alkyl halides is 1. The number of amides is 1. The number of carbonyl (C=O) groups excluding carboxylic acids is 1.